The maximum atomic E-state index is 12.8. The Bertz CT molecular complexity index is 1400. The zero-order valence-electron chi connectivity index (χ0n) is 16.5. The molecule has 0 spiro atoms. The van der Waals surface area contributed by atoms with Crippen LogP contribution in [0.5, 0.6) is 0 Å². The fourth-order valence-electron chi connectivity index (χ4n) is 3.69. The van der Waals surface area contributed by atoms with Crippen molar-refractivity contribution in [1.29, 1.82) is 0 Å². The first-order valence-electron chi connectivity index (χ1n) is 9.13. The van der Waals surface area contributed by atoms with Crippen molar-refractivity contribution in [1.82, 2.24) is 18.7 Å². The Morgan fingerprint density at radius 1 is 1.31 bits per heavy atom. The van der Waals surface area contributed by atoms with Gasteiger partial charge in [0.15, 0.2) is 0 Å². The van der Waals surface area contributed by atoms with Crippen LogP contribution >= 0.6 is 11.3 Å². The van der Waals surface area contributed by atoms with Gasteiger partial charge in [0.2, 0.25) is 0 Å². The minimum absolute atomic E-state index is 0.0443. The van der Waals surface area contributed by atoms with Gasteiger partial charge in [0, 0.05) is 35.2 Å². The van der Waals surface area contributed by atoms with Crippen LogP contribution in [0.4, 0.5) is 0 Å². The lowest BCUT2D eigenvalue weighted by atomic mass is 10.1. The van der Waals surface area contributed by atoms with Gasteiger partial charge in [0.25, 0.3) is 5.56 Å². The van der Waals surface area contributed by atoms with Crippen LogP contribution in [0, 0.1) is 6.92 Å². The van der Waals surface area contributed by atoms with E-state index in [4.69, 9.17) is 0 Å². The highest BCUT2D eigenvalue weighted by Gasteiger charge is 2.26. The van der Waals surface area contributed by atoms with Crippen molar-refractivity contribution in [3.05, 3.63) is 61.4 Å². The summed E-state index contributed by atoms with van der Waals surface area (Å²) in [7, 11) is 1.37. The van der Waals surface area contributed by atoms with E-state index < -0.39 is 17.2 Å². The number of carbonyl (C=O) groups is 1. The lowest BCUT2D eigenvalue weighted by Crippen LogP contribution is -2.38. The Morgan fingerprint density at radius 3 is 2.69 bits per heavy atom. The summed E-state index contributed by atoms with van der Waals surface area (Å²) in [6, 6.07) is 5.56. The van der Waals surface area contributed by atoms with E-state index >= 15 is 0 Å². The van der Waals surface area contributed by atoms with Crippen LogP contribution in [0.25, 0.3) is 21.3 Å². The van der Waals surface area contributed by atoms with Gasteiger partial charge in [-0.2, -0.15) is 0 Å². The summed E-state index contributed by atoms with van der Waals surface area (Å²) >= 11 is 1.18. The van der Waals surface area contributed by atoms with E-state index in [1.54, 1.807) is 6.20 Å². The van der Waals surface area contributed by atoms with E-state index in [2.05, 4.69) is 4.98 Å². The van der Waals surface area contributed by atoms with Crippen LogP contribution in [0.3, 0.4) is 0 Å². The Hall–Kier alpha value is -3.20. The minimum Gasteiger partial charge on any atom is -0.478 e. The van der Waals surface area contributed by atoms with Crippen LogP contribution < -0.4 is 11.2 Å². The number of carboxylic acid groups (broad SMARTS) is 1. The predicted molar refractivity (Wildman–Crippen MR) is 112 cm³/mol. The first-order chi connectivity index (χ1) is 13.7. The third kappa shape index (κ3) is 2.80. The lowest BCUT2D eigenvalue weighted by molar-refractivity contribution is 0.0698. The number of rotatable bonds is 4. The van der Waals surface area contributed by atoms with Crippen LogP contribution in [0.1, 0.15) is 40.8 Å². The van der Waals surface area contributed by atoms with E-state index in [9.17, 15) is 19.5 Å². The molecule has 4 heterocycles. The third-order valence-corrected chi connectivity index (χ3v) is 6.26. The van der Waals surface area contributed by atoms with Crippen LogP contribution in [-0.2, 0) is 13.6 Å². The maximum absolute atomic E-state index is 12.8. The molecule has 4 rings (SSSR count). The summed E-state index contributed by atoms with van der Waals surface area (Å²) in [4.78, 5) is 42.9. The van der Waals surface area contributed by atoms with E-state index in [0.717, 1.165) is 21.3 Å². The standard InChI is InChI=1S/C20H20N4O4S/c1-10(2)24-18-15(17(25)22(4)20(24)28)14(19(26)27)13(29-18)9-23-11(3)8-12-6-5-7-21-16(12)23/h5-8,10H,9H2,1-4H3,(H,26,27). The van der Waals surface area contributed by atoms with Gasteiger partial charge in [0.1, 0.15) is 10.5 Å². The van der Waals surface area contributed by atoms with Gasteiger partial charge in [-0.25, -0.2) is 14.6 Å². The van der Waals surface area contributed by atoms with Crippen molar-refractivity contribution in [3.8, 4) is 0 Å². The summed E-state index contributed by atoms with van der Waals surface area (Å²) in [6.07, 6.45) is 1.69. The highest BCUT2D eigenvalue weighted by Crippen LogP contribution is 2.32. The van der Waals surface area contributed by atoms with Crippen LogP contribution in [-0.4, -0.2) is 29.8 Å². The molecule has 1 N–H and O–H groups in total. The van der Waals surface area contributed by atoms with Crippen molar-refractivity contribution in [2.45, 2.75) is 33.4 Å². The fraction of sp³-hybridized carbons (Fsp3) is 0.300. The fourth-order valence-corrected chi connectivity index (χ4v) is 5.09. The molecule has 150 valence electrons. The second kappa shape index (κ2) is 6.70. The molecule has 9 heteroatoms. The number of hydrogen-bond acceptors (Lipinski definition) is 5. The van der Waals surface area contributed by atoms with Gasteiger partial charge in [0.05, 0.1) is 17.5 Å². The van der Waals surface area contributed by atoms with Crippen molar-refractivity contribution < 1.29 is 9.90 Å². The number of hydrogen-bond donors (Lipinski definition) is 1. The monoisotopic (exact) mass is 412 g/mol. The number of pyridine rings is 1. The summed E-state index contributed by atoms with van der Waals surface area (Å²) < 4.78 is 4.38. The number of aromatic nitrogens is 4. The Labute approximate surface area is 169 Å². The second-order valence-electron chi connectivity index (χ2n) is 7.28. The Balaban J connectivity index is 2.06. The van der Waals surface area contributed by atoms with E-state index in [-0.39, 0.29) is 23.5 Å². The van der Waals surface area contributed by atoms with Crippen LogP contribution in [0.2, 0.25) is 0 Å². The topological polar surface area (TPSA) is 99.1 Å². The molecule has 4 aromatic heterocycles. The molecule has 0 unspecified atom stereocenters. The van der Waals surface area contributed by atoms with Gasteiger partial charge in [-0.05, 0) is 39.0 Å². The molecule has 29 heavy (non-hydrogen) atoms. The molecule has 0 amide bonds. The molecule has 0 aromatic carbocycles. The SMILES string of the molecule is Cc1cc2cccnc2n1Cc1sc2c(c1C(=O)O)c(=O)n(C)c(=O)n2C(C)C. The highest BCUT2D eigenvalue weighted by atomic mass is 32.1. The predicted octanol–water partition coefficient (Wildman–Crippen LogP) is 2.75. The molecule has 4 aromatic rings. The molecule has 0 aliphatic rings. The summed E-state index contributed by atoms with van der Waals surface area (Å²) in [5, 5.41) is 11.0. The Morgan fingerprint density at radius 2 is 2.03 bits per heavy atom. The molecule has 0 radical (unpaired) electrons. The average Bonchev–Trinajstić information content (AvgIpc) is 3.18. The summed E-state index contributed by atoms with van der Waals surface area (Å²) in [6.45, 7) is 5.85. The van der Waals surface area contributed by atoms with Crippen molar-refractivity contribution in [2.75, 3.05) is 0 Å². The molecule has 0 bridgehead atoms. The maximum Gasteiger partial charge on any atom is 0.337 e. The molecule has 0 aliphatic carbocycles. The number of aryl methyl sites for hydroxylation is 1. The van der Waals surface area contributed by atoms with Gasteiger partial charge >= 0.3 is 11.7 Å². The minimum atomic E-state index is -1.18. The molecular weight excluding hydrogens is 392 g/mol. The second-order valence-corrected chi connectivity index (χ2v) is 8.37. The molecule has 0 aliphatic heterocycles. The first kappa shape index (κ1) is 19.1. The van der Waals surface area contributed by atoms with Gasteiger partial charge in [-0.1, -0.05) is 0 Å². The van der Waals surface area contributed by atoms with Crippen molar-refractivity contribution in [2.24, 2.45) is 7.05 Å². The number of carboxylic acids is 1. The smallest absolute Gasteiger partial charge is 0.337 e. The van der Waals surface area contributed by atoms with E-state index in [0.29, 0.717) is 9.71 Å². The molecule has 0 atom stereocenters. The van der Waals surface area contributed by atoms with E-state index in [1.165, 1.54) is 23.0 Å². The van der Waals surface area contributed by atoms with Crippen molar-refractivity contribution in [3.63, 3.8) is 0 Å². The lowest BCUT2D eigenvalue weighted by Gasteiger charge is -2.12. The van der Waals surface area contributed by atoms with Crippen LogP contribution in [0.15, 0.2) is 34.0 Å². The summed E-state index contributed by atoms with van der Waals surface area (Å²) in [5.41, 5.74) is 0.590. The quantitative estimate of drug-likeness (QED) is 0.556. The molecule has 8 nitrogen and oxygen atoms in total. The van der Waals surface area contributed by atoms with Crippen molar-refractivity contribution >= 4 is 38.6 Å². The number of thiophene rings is 1. The number of aromatic carboxylic acids is 1. The molecular formula is C20H20N4O4S. The van der Waals surface area contributed by atoms with Gasteiger partial charge < -0.3 is 9.67 Å². The molecule has 0 saturated heterocycles. The van der Waals surface area contributed by atoms with Gasteiger partial charge in [-0.15, -0.1) is 11.3 Å². The number of nitrogens with zero attached hydrogens (tertiary/aromatic N) is 4. The zero-order valence-corrected chi connectivity index (χ0v) is 17.3. The zero-order chi connectivity index (χ0) is 21.0. The third-order valence-electron chi connectivity index (χ3n) is 5.09. The van der Waals surface area contributed by atoms with Gasteiger partial charge in [-0.3, -0.25) is 13.9 Å². The molecule has 0 saturated carbocycles. The normalized spacial score (nSPS) is 11.8. The Kier molecular flexibility index (Phi) is 4.42. The number of fused-ring (bicyclic) bond motifs is 2. The largest absolute Gasteiger partial charge is 0.478 e. The van der Waals surface area contributed by atoms with E-state index in [1.807, 2.05) is 43.5 Å². The highest BCUT2D eigenvalue weighted by molar-refractivity contribution is 7.19. The first-order valence-corrected chi connectivity index (χ1v) is 9.95. The molecule has 0 fully saturated rings. The average molecular weight is 412 g/mol. The summed E-state index contributed by atoms with van der Waals surface area (Å²) in [5.74, 6) is -1.18.